The second-order valence-corrected chi connectivity index (χ2v) is 6.72. The zero-order valence-corrected chi connectivity index (χ0v) is 16.5. The third kappa shape index (κ3) is 6.30. The highest BCUT2D eigenvalue weighted by atomic mass is 16.5. The van der Waals surface area contributed by atoms with Gasteiger partial charge in [0.1, 0.15) is 0 Å². The molecule has 1 atom stereocenters. The van der Waals surface area contributed by atoms with E-state index in [1.165, 1.54) is 0 Å². The number of carbonyl (C=O) groups is 2. The molecule has 2 rings (SSSR count). The molecule has 6 heteroatoms. The van der Waals surface area contributed by atoms with Crippen molar-refractivity contribution in [3.8, 4) is 11.5 Å². The molecule has 6 nitrogen and oxygen atoms in total. The number of hydrogen-bond acceptors (Lipinski definition) is 4. The van der Waals surface area contributed by atoms with E-state index >= 15 is 0 Å². The van der Waals surface area contributed by atoms with E-state index in [0.717, 1.165) is 16.7 Å². The van der Waals surface area contributed by atoms with E-state index < -0.39 is 11.9 Å². The summed E-state index contributed by atoms with van der Waals surface area (Å²) >= 11 is 0. The molecule has 0 bridgehead atoms. The van der Waals surface area contributed by atoms with Crippen LogP contribution in [0.1, 0.15) is 23.1 Å². The Morgan fingerprint density at radius 2 is 1.79 bits per heavy atom. The monoisotopic (exact) mass is 385 g/mol. The van der Waals surface area contributed by atoms with Crippen molar-refractivity contribution in [2.75, 3.05) is 20.8 Å². The molecule has 0 saturated carbocycles. The first-order chi connectivity index (χ1) is 13.4. The minimum atomic E-state index is -0.962. The van der Waals surface area contributed by atoms with Gasteiger partial charge in [0.05, 0.1) is 20.1 Å². The average Bonchev–Trinajstić information content (AvgIpc) is 2.67. The van der Waals surface area contributed by atoms with E-state index in [-0.39, 0.29) is 12.3 Å². The lowest BCUT2D eigenvalue weighted by molar-refractivity contribution is -0.144. The Kier molecular flexibility index (Phi) is 7.87. The largest absolute Gasteiger partial charge is 0.493 e. The summed E-state index contributed by atoms with van der Waals surface area (Å²) in [5.74, 6) is -0.689. The van der Waals surface area contributed by atoms with Crippen molar-refractivity contribution in [1.82, 2.24) is 5.32 Å². The molecule has 0 fully saturated rings. The van der Waals surface area contributed by atoms with Crippen molar-refractivity contribution in [1.29, 1.82) is 0 Å². The van der Waals surface area contributed by atoms with Gasteiger partial charge in [-0.3, -0.25) is 9.59 Å². The maximum Gasteiger partial charge on any atom is 0.307 e. The van der Waals surface area contributed by atoms with Gasteiger partial charge in [0.25, 0.3) is 0 Å². The first-order valence-corrected chi connectivity index (χ1v) is 9.19. The molecule has 28 heavy (non-hydrogen) atoms. The zero-order chi connectivity index (χ0) is 20.5. The van der Waals surface area contributed by atoms with Crippen LogP contribution in [0.3, 0.4) is 0 Å². The molecule has 0 aliphatic rings. The van der Waals surface area contributed by atoms with Crippen molar-refractivity contribution >= 4 is 11.9 Å². The summed E-state index contributed by atoms with van der Waals surface area (Å²) in [6, 6.07) is 13.3. The lowest BCUT2D eigenvalue weighted by atomic mass is 9.95. The Labute approximate surface area is 165 Å². The molecule has 150 valence electrons. The molecule has 0 spiro atoms. The fraction of sp³-hybridized carbons (Fsp3) is 0.364. The van der Waals surface area contributed by atoms with Crippen molar-refractivity contribution in [3.63, 3.8) is 0 Å². The number of rotatable bonds is 10. The summed E-state index contributed by atoms with van der Waals surface area (Å²) in [7, 11) is 3.15. The predicted molar refractivity (Wildman–Crippen MR) is 107 cm³/mol. The second kappa shape index (κ2) is 10.3. The van der Waals surface area contributed by atoms with Crippen LogP contribution in [0.2, 0.25) is 0 Å². The van der Waals surface area contributed by atoms with Gasteiger partial charge in [0, 0.05) is 13.0 Å². The van der Waals surface area contributed by atoms with E-state index in [0.29, 0.717) is 30.9 Å². The molecule has 0 radical (unpaired) electrons. The molecular weight excluding hydrogens is 358 g/mol. The summed E-state index contributed by atoms with van der Waals surface area (Å²) in [5, 5.41) is 12.3. The van der Waals surface area contributed by atoms with Gasteiger partial charge >= 0.3 is 5.97 Å². The number of carboxylic acid groups (broad SMARTS) is 1. The normalized spacial score (nSPS) is 11.5. The standard InChI is InChI=1S/C22H27NO5/c1-15-5-4-6-17(11-15)12-18(22(25)26)14-21(24)23-10-9-16-7-8-19(27-2)20(13-16)28-3/h4-8,11,13,18H,9-10,12,14H2,1-3H3,(H,23,24)(H,25,26). The number of aryl methyl sites for hydroxylation is 1. The molecule has 1 unspecified atom stereocenters. The van der Waals surface area contributed by atoms with Crippen LogP contribution in [0.5, 0.6) is 11.5 Å². The lowest BCUT2D eigenvalue weighted by Gasteiger charge is -2.13. The van der Waals surface area contributed by atoms with Gasteiger partial charge in [0.2, 0.25) is 5.91 Å². The highest BCUT2D eigenvalue weighted by Crippen LogP contribution is 2.27. The number of amides is 1. The minimum absolute atomic E-state index is 0.0464. The first kappa shape index (κ1) is 21.3. The van der Waals surface area contributed by atoms with Crippen molar-refractivity contribution in [2.24, 2.45) is 5.92 Å². The number of methoxy groups -OCH3 is 2. The number of hydrogen-bond donors (Lipinski definition) is 2. The van der Waals surface area contributed by atoms with Crippen LogP contribution < -0.4 is 14.8 Å². The molecular formula is C22H27NO5. The summed E-state index contributed by atoms with van der Waals surface area (Å²) < 4.78 is 10.5. The van der Waals surface area contributed by atoms with Gasteiger partial charge in [-0.2, -0.15) is 0 Å². The lowest BCUT2D eigenvalue weighted by Crippen LogP contribution is -2.30. The molecule has 0 aliphatic heterocycles. The van der Waals surface area contributed by atoms with Gasteiger partial charge in [-0.05, 0) is 43.0 Å². The number of ether oxygens (including phenoxy) is 2. The van der Waals surface area contributed by atoms with Crippen molar-refractivity contribution in [3.05, 3.63) is 59.2 Å². The number of carbonyl (C=O) groups excluding carboxylic acids is 1. The Balaban J connectivity index is 1.87. The molecule has 1 amide bonds. The van der Waals surface area contributed by atoms with Crippen LogP contribution in [-0.2, 0) is 22.4 Å². The van der Waals surface area contributed by atoms with E-state index in [1.54, 1.807) is 14.2 Å². The topological polar surface area (TPSA) is 84.9 Å². The Morgan fingerprint density at radius 3 is 2.43 bits per heavy atom. The highest BCUT2D eigenvalue weighted by Gasteiger charge is 2.21. The smallest absolute Gasteiger partial charge is 0.307 e. The maximum absolute atomic E-state index is 12.2. The molecule has 2 aromatic carbocycles. The van der Waals surface area contributed by atoms with Crippen LogP contribution in [0.4, 0.5) is 0 Å². The average molecular weight is 385 g/mol. The summed E-state index contributed by atoms with van der Waals surface area (Å²) in [6.07, 6.45) is 0.900. The van der Waals surface area contributed by atoms with Gasteiger partial charge in [-0.1, -0.05) is 35.9 Å². The minimum Gasteiger partial charge on any atom is -0.493 e. The van der Waals surface area contributed by atoms with E-state index in [2.05, 4.69) is 5.32 Å². The second-order valence-electron chi connectivity index (χ2n) is 6.72. The number of nitrogens with one attached hydrogen (secondary N) is 1. The van der Waals surface area contributed by atoms with Crippen LogP contribution in [0.15, 0.2) is 42.5 Å². The SMILES string of the molecule is COc1ccc(CCNC(=O)CC(Cc2cccc(C)c2)C(=O)O)cc1OC. The number of aliphatic carboxylic acids is 1. The van der Waals surface area contributed by atoms with E-state index in [4.69, 9.17) is 9.47 Å². The number of benzene rings is 2. The molecule has 0 aliphatic carbocycles. The Morgan fingerprint density at radius 1 is 1.04 bits per heavy atom. The Bertz CT molecular complexity index is 818. The fourth-order valence-electron chi connectivity index (χ4n) is 3.05. The predicted octanol–water partition coefficient (Wildman–Crippen LogP) is 3.00. The van der Waals surface area contributed by atoms with Crippen LogP contribution >= 0.6 is 0 Å². The van der Waals surface area contributed by atoms with Gasteiger partial charge < -0.3 is 19.9 Å². The Hall–Kier alpha value is -3.02. The quantitative estimate of drug-likeness (QED) is 0.657. The van der Waals surface area contributed by atoms with Crippen LogP contribution in [-0.4, -0.2) is 37.7 Å². The zero-order valence-electron chi connectivity index (χ0n) is 16.5. The highest BCUT2D eigenvalue weighted by molar-refractivity contribution is 5.82. The van der Waals surface area contributed by atoms with Crippen molar-refractivity contribution in [2.45, 2.75) is 26.2 Å². The molecule has 2 N–H and O–H groups in total. The summed E-state index contributed by atoms with van der Waals surface area (Å²) in [5.41, 5.74) is 2.99. The first-order valence-electron chi connectivity index (χ1n) is 9.19. The maximum atomic E-state index is 12.2. The third-order valence-electron chi connectivity index (χ3n) is 4.53. The summed E-state index contributed by atoms with van der Waals surface area (Å²) in [6.45, 7) is 2.38. The third-order valence-corrected chi connectivity index (χ3v) is 4.53. The van der Waals surface area contributed by atoms with Gasteiger partial charge in [-0.15, -0.1) is 0 Å². The molecule has 0 saturated heterocycles. The van der Waals surface area contributed by atoms with Crippen LogP contribution in [0, 0.1) is 12.8 Å². The number of carboxylic acids is 1. The molecule has 0 aromatic heterocycles. The van der Waals surface area contributed by atoms with Gasteiger partial charge in [0.15, 0.2) is 11.5 Å². The molecule has 0 heterocycles. The van der Waals surface area contributed by atoms with Gasteiger partial charge in [-0.25, -0.2) is 0 Å². The fourth-order valence-corrected chi connectivity index (χ4v) is 3.05. The van der Waals surface area contributed by atoms with E-state index in [1.807, 2.05) is 49.4 Å². The van der Waals surface area contributed by atoms with Crippen LogP contribution in [0.25, 0.3) is 0 Å². The van der Waals surface area contributed by atoms with E-state index in [9.17, 15) is 14.7 Å². The van der Waals surface area contributed by atoms with Crippen molar-refractivity contribution < 1.29 is 24.2 Å². The summed E-state index contributed by atoms with van der Waals surface area (Å²) in [4.78, 5) is 23.8. The molecule has 2 aromatic rings.